The number of nitrogens with two attached hydrogens (primary N) is 1. The van der Waals surface area contributed by atoms with Crippen LogP contribution < -0.4 is 5.73 Å². The summed E-state index contributed by atoms with van der Waals surface area (Å²) >= 11 is 0. The molecule has 4 rings (SSSR count). The zero-order valence-electron chi connectivity index (χ0n) is 14.1. The van der Waals surface area contributed by atoms with Gasteiger partial charge in [0.1, 0.15) is 6.10 Å². The van der Waals surface area contributed by atoms with Crippen LogP contribution in [0.25, 0.3) is 0 Å². The van der Waals surface area contributed by atoms with Gasteiger partial charge in [-0.3, -0.25) is 4.79 Å². The number of hydrogen-bond donors (Lipinski definition) is 1. The monoisotopic (exact) mass is 313 g/mol. The Morgan fingerprint density at radius 1 is 1.35 bits per heavy atom. The summed E-state index contributed by atoms with van der Waals surface area (Å²) in [6, 6.07) is 0. The Balaban J connectivity index is 1.67. The quantitative estimate of drug-likeness (QED) is 0.624. The fourth-order valence-electron chi connectivity index (χ4n) is 5.98. The summed E-state index contributed by atoms with van der Waals surface area (Å²) in [6.45, 7) is 5.41. The van der Waals surface area contributed by atoms with Gasteiger partial charge < -0.3 is 10.5 Å². The predicted octanol–water partition coefficient (Wildman–Crippen LogP) is 3.72. The molecule has 4 aliphatic rings. The molecule has 2 fully saturated rings. The molecule has 0 heterocycles. The molecule has 4 aliphatic carbocycles. The van der Waals surface area contributed by atoms with E-state index in [0.29, 0.717) is 24.2 Å². The Labute approximate surface area is 138 Å². The van der Waals surface area contributed by atoms with Crippen LogP contribution in [-0.2, 0) is 9.53 Å². The van der Waals surface area contributed by atoms with Gasteiger partial charge in [-0.05, 0) is 61.3 Å². The van der Waals surface area contributed by atoms with E-state index in [1.54, 1.807) is 5.57 Å². The summed E-state index contributed by atoms with van der Waals surface area (Å²) in [5.41, 5.74) is 8.97. The van der Waals surface area contributed by atoms with Crippen LogP contribution in [0.3, 0.4) is 0 Å². The molecule has 0 aromatic rings. The van der Waals surface area contributed by atoms with Gasteiger partial charge in [0.15, 0.2) is 0 Å². The summed E-state index contributed by atoms with van der Waals surface area (Å²) in [6.07, 6.45) is 14.9. The van der Waals surface area contributed by atoms with Gasteiger partial charge in [0.2, 0.25) is 0 Å². The molecule has 0 saturated heterocycles. The SMILES string of the molecule is C[C@]12CC=C3[C@@H](CCC4C=C(N)C=C[C@]34C)[C@@H]1CC(OC=O)C2. The fraction of sp³-hybridized carbons (Fsp3) is 0.650. The maximum atomic E-state index is 10.8. The standard InChI is InChI=1S/C20H27NO2/c1-19-7-6-17-16(18(19)10-15(11-19)23-12-22)4-3-13-9-14(21)5-8-20(13,17)2/h5-6,8-9,12-13,15-16,18H,3-4,7,10-11,21H2,1-2H3/t13?,15?,16-,18+,19-,20+/m1/s1. The molecule has 3 heteroatoms. The van der Waals surface area contributed by atoms with E-state index in [-0.39, 0.29) is 16.9 Å². The number of ether oxygens (including phenoxy) is 1. The Morgan fingerprint density at radius 3 is 2.96 bits per heavy atom. The molecule has 0 radical (unpaired) electrons. The van der Waals surface area contributed by atoms with Crippen LogP contribution >= 0.6 is 0 Å². The number of rotatable bonds is 2. The third-order valence-electron chi connectivity index (χ3n) is 7.22. The molecule has 0 aromatic heterocycles. The molecule has 3 nitrogen and oxygen atoms in total. The molecule has 2 saturated carbocycles. The summed E-state index contributed by atoms with van der Waals surface area (Å²) < 4.78 is 5.34. The van der Waals surface area contributed by atoms with Crippen LogP contribution in [0.2, 0.25) is 0 Å². The van der Waals surface area contributed by atoms with Gasteiger partial charge in [0, 0.05) is 11.1 Å². The average molecular weight is 313 g/mol. The second-order valence-electron chi connectivity index (χ2n) is 8.49. The zero-order chi connectivity index (χ0) is 16.2. The maximum Gasteiger partial charge on any atom is 0.293 e. The number of allylic oxidation sites excluding steroid dienone is 5. The zero-order valence-corrected chi connectivity index (χ0v) is 14.1. The fourth-order valence-corrected chi connectivity index (χ4v) is 5.98. The van der Waals surface area contributed by atoms with Crippen LogP contribution in [0.15, 0.2) is 35.6 Å². The topological polar surface area (TPSA) is 52.3 Å². The highest BCUT2D eigenvalue weighted by molar-refractivity contribution is 5.40. The Kier molecular flexibility index (Phi) is 3.26. The van der Waals surface area contributed by atoms with Crippen molar-refractivity contribution in [3.05, 3.63) is 35.6 Å². The van der Waals surface area contributed by atoms with Crippen molar-refractivity contribution >= 4 is 6.47 Å². The Bertz CT molecular complexity index is 619. The molecule has 0 aliphatic heterocycles. The minimum absolute atomic E-state index is 0.109. The lowest BCUT2D eigenvalue weighted by molar-refractivity contribution is -0.133. The average Bonchev–Trinajstić information content (AvgIpc) is 2.84. The van der Waals surface area contributed by atoms with Crippen molar-refractivity contribution in [2.75, 3.05) is 0 Å². The molecule has 0 bridgehead atoms. The van der Waals surface area contributed by atoms with E-state index >= 15 is 0 Å². The Hall–Kier alpha value is -1.51. The lowest BCUT2D eigenvalue weighted by Crippen LogP contribution is -2.44. The number of hydrogen-bond acceptors (Lipinski definition) is 3. The number of carbonyl (C=O) groups is 1. The minimum Gasteiger partial charge on any atom is -0.465 e. The first-order chi connectivity index (χ1) is 11.0. The number of carbonyl (C=O) groups excluding carboxylic acids is 1. The van der Waals surface area contributed by atoms with Gasteiger partial charge in [-0.15, -0.1) is 0 Å². The summed E-state index contributed by atoms with van der Waals surface area (Å²) in [5.74, 6) is 1.80. The van der Waals surface area contributed by atoms with Crippen LogP contribution in [0.5, 0.6) is 0 Å². The molecule has 6 atom stereocenters. The van der Waals surface area contributed by atoms with E-state index in [4.69, 9.17) is 10.5 Å². The normalized spacial score (nSPS) is 47.7. The van der Waals surface area contributed by atoms with Gasteiger partial charge in [-0.1, -0.05) is 37.6 Å². The van der Waals surface area contributed by atoms with Gasteiger partial charge in [0.05, 0.1) is 0 Å². The van der Waals surface area contributed by atoms with Gasteiger partial charge in [-0.2, -0.15) is 0 Å². The van der Waals surface area contributed by atoms with Crippen molar-refractivity contribution in [1.29, 1.82) is 0 Å². The highest BCUT2D eigenvalue weighted by Gasteiger charge is 2.55. The first-order valence-electron chi connectivity index (χ1n) is 8.92. The van der Waals surface area contributed by atoms with Crippen molar-refractivity contribution in [2.45, 2.75) is 52.1 Å². The van der Waals surface area contributed by atoms with E-state index in [1.165, 1.54) is 12.8 Å². The first-order valence-corrected chi connectivity index (χ1v) is 8.92. The molecule has 0 spiro atoms. The molecule has 0 aromatic carbocycles. The van der Waals surface area contributed by atoms with Crippen molar-refractivity contribution < 1.29 is 9.53 Å². The second kappa shape index (κ2) is 4.99. The van der Waals surface area contributed by atoms with E-state index < -0.39 is 0 Å². The van der Waals surface area contributed by atoms with Crippen LogP contribution in [-0.4, -0.2) is 12.6 Å². The predicted molar refractivity (Wildman–Crippen MR) is 90.2 cm³/mol. The summed E-state index contributed by atoms with van der Waals surface area (Å²) in [4.78, 5) is 10.8. The molecule has 2 unspecified atom stereocenters. The van der Waals surface area contributed by atoms with Gasteiger partial charge in [-0.25, -0.2) is 0 Å². The van der Waals surface area contributed by atoms with Crippen LogP contribution in [0.1, 0.15) is 46.0 Å². The van der Waals surface area contributed by atoms with Crippen molar-refractivity contribution in [1.82, 2.24) is 0 Å². The lowest BCUT2D eigenvalue weighted by Gasteiger charge is -2.53. The van der Waals surface area contributed by atoms with Gasteiger partial charge >= 0.3 is 0 Å². The van der Waals surface area contributed by atoms with E-state index in [1.807, 2.05) is 0 Å². The minimum atomic E-state index is 0.109. The molecular formula is C20H27NO2. The van der Waals surface area contributed by atoms with E-state index in [2.05, 4.69) is 38.2 Å². The largest absolute Gasteiger partial charge is 0.465 e. The van der Waals surface area contributed by atoms with Crippen LogP contribution in [0, 0.1) is 28.6 Å². The molecule has 2 N–H and O–H groups in total. The third kappa shape index (κ3) is 2.12. The van der Waals surface area contributed by atoms with E-state index in [0.717, 1.165) is 25.0 Å². The second-order valence-corrected chi connectivity index (χ2v) is 8.49. The smallest absolute Gasteiger partial charge is 0.293 e. The maximum absolute atomic E-state index is 10.8. The highest BCUT2D eigenvalue weighted by Crippen LogP contribution is 2.62. The van der Waals surface area contributed by atoms with Gasteiger partial charge in [0.25, 0.3) is 6.47 Å². The van der Waals surface area contributed by atoms with Crippen molar-refractivity contribution in [3.63, 3.8) is 0 Å². The third-order valence-corrected chi connectivity index (χ3v) is 7.22. The van der Waals surface area contributed by atoms with Crippen molar-refractivity contribution in [3.8, 4) is 0 Å². The number of fused-ring (bicyclic) bond motifs is 5. The summed E-state index contributed by atoms with van der Waals surface area (Å²) in [7, 11) is 0. The molecule has 0 amide bonds. The van der Waals surface area contributed by atoms with E-state index in [9.17, 15) is 4.79 Å². The highest BCUT2D eigenvalue weighted by atomic mass is 16.5. The lowest BCUT2D eigenvalue weighted by atomic mass is 9.51. The Morgan fingerprint density at radius 2 is 2.17 bits per heavy atom. The molecule has 23 heavy (non-hydrogen) atoms. The summed E-state index contributed by atoms with van der Waals surface area (Å²) in [5, 5.41) is 0. The molecule has 124 valence electrons. The molecular weight excluding hydrogens is 286 g/mol. The first kappa shape index (κ1) is 15.0. The van der Waals surface area contributed by atoms with Crippen molar-refractivity contribution in [2.24, 2.45) is 34.3 Å². The van der Waals surface area contributed by atoms with Crippen LogP contribution in [0.4, 0.5) is 0 Å².